The summed E-state index contributed by atoms with van der Waals surface area (Å²) >= 11 is 0. The van der Waals surface area contributed by atoms with Gasteiger partial charge in [0.1, 0.15) is 11.3 Å². The van der Waals surface area contributed by atoms with Gasteiger partial charge in [0.15, 0.2) is 11.5 Å². The number of pyridine rings is 1. The predicted octanol–water partition coefficient (Wildman–Crippen LogP) is 3.48. The highest BCUT2D eigenvalue weighted by atomic mass is 16.5. The Labute approximate surface area is 169 Å². The Balaban J connectivity index is 2.05. The molecule has 1 aliphatic carbocycles. The van der Waals surface area contributed by atoms with Gasteiger partial charge in [-0.25, -0.2) is 0 Å². The average Bonchev–Trinajstić information content (AvgIpc) is 3.01. The first kappa shape index (κ1) is 20.8. The first-order valence-electron chi connectivity index (χ1n) is 9.87. The molecule has 7 nitrogen and oxygen atoms in total. The fraction of sp³-hybridized carbons (Fsp3) is 0.455. The quantitative estimate of drug-likeness (QED) is 0.568. The molecule has 1 heterocycles. The van der Waals surface area contributed by atoms with Crippen LogP contribution in [0.2, 0.25) is 0 Å². The Kier molecular flexibility index (Phi) is 6.46. The minimum atomic E-state index is -0.698. The summed E-state index contributed by atoms with van der Waals surface area (Å²) in [6.45, 7) is 0.0241. The molecular formula is C22H27NO6. The molecule has 2 aromatic rings. The second-order valence-electron chi connectivity index (χ2n) is 7.37. The van der Waals surface area contributed by atoms with Crippen molar-refractivity contribution in [1.29, 1.82) is 0 Å². The van der Waals surface area contributed by atoms with Gasteiger partial charge in [-0.2, -0.15) is 0 Å². The minimum absolute atomic E-state index is 0.0241. The van der Waals surface area contributed by atoms with E-state index in [1.54, 1.807) is 31.4 Å². The second kappa shape index (κ2) is 9.03. The van der Waals surface area contributed by atoms with Crippen molar-refractivity contribution in [2.45, 2.75) is 45.1 Å². The largest absolute Gasteiger partial charge is 0.503 e. The van der Waals surface area contributed by atoms with Crippen LogP contribution in [0.3, 0.4) is 0 Å². The number of methoxy groups -OCH3 is 2. The Morgan fingerprint density at radius 2 is 1.66 bits per heavy atom. The molecular weight excluding hydrogens is 374 g/mol. The van der Waals surface area contributed by atoms with Gasteiger partial charge < -0.3 is 19.7 Å². The maximum absolute atomic E-state index is 13.2. The van der Waals surface area contributed by atoms with Crippen molar-refractivity contribution < 1.29 is 24.5 Å². The maximum atomic E-state index is 13.2. The number of rotatable bonds is 6. The number of Topliss-reactive ketones (excluding diaryl/α,β-unsaturated/α-hetero) is 1. The van der Waals surface area contributed by atoms with Crippen molar-refractivity contribution in [3.8, 4) is 23.1 Å². The Bertz CT molecular complexity index is 924. The zero-order chi connectivity index (χ0) is 21.0. The van der Waals surface area contributed by atoms with E-state index in [2.05, 4.69) is 0 Å². The summed E-state index contributed by atoms with van der Waals surface area (Å²) < 4.78 is 11.3. The molecule has 0 amide bonds. The molecule has 1 aliphatic rings. The standard InChI is InChI=1S/C22H27NO6/c1-28-16-11-9-14(10-12-16)13-23-21(26)17(19(25)20(29-2)22(23)27)18(24)15-7-5-3-4-6-8-15/h9-12,15,25-26H,3-8,13H2,1-2H3. The number of nitrogens with zero attached hydrogens (tertiary/aromatic N) is 1. The molecule has 0 unspecified atom stereocenters. The van der Waals surface area contributed by atoms with E-state index in [1.807, 2.05) is 0 Å². The molecule has 0 atom stereocenters. The lowest BCUT2D eigenvalue weighted by molar-refractivity contribution is 0.0899. The van der Waals surface area contributed by atoms with E-state index in [0.717, 1.165) is 35.8 Å². The molecule has 7 heteroatoms. The number of aromatic nitrogens is 1. The molecule has 0 spiro atoms. The highest BCUT2D eigenvalue weighted by molar-refractivity contribution is 6.02. The van der Waals surface area contributed by atoms with Crippen molar-refractivity contribution in [3.63, 3.8) is 0 Å². The van der Waals surface area contributed by atoms with E-state index in [0.29, 0.717) is 18.6 Å². The number of ketones is 1. The van der Waals surface area contributed by atoms with Crippen LogP contribution in [0.1, 0.15) is 54.4 Å². The summed E-state index contributed by atoms with van der Waals surface area (Å²) in [6, 6.07) is 7.01. The number of carbonyl (C=O) groups excluding carboxylic acids is 1. The first-order valence-corrected chi connectivity index (χ1v) is 9.87. The third-order valence-corrected chi connectivity index (χ3v) is 5.55. The van der Waals surface area contributed by atoms with Crippen molar-refractivity contribution in [2.24, 2.45) is 5.92 Å². The fourth-order valence-corrected chi connectivity index (χ4v) is 3.89. The van der Waals surface area contributed by atoms with E-state index >= 15 is 0 Å². The highest BCUT2D eigenvalue weighted by Gasteiger charge is 2.31. The SMILES string of the molecule is COc1ccc(Cn2c(O)c(C(=O)C3CCCCCC3)c(O)c(OC)c2=O)cc1. The summed E-state index contributed by atoms with van der Waals surface area (Å²) in [5, 5.41) is 21.4. The molecule has 29 heavy (non-hydrogen) atoms. The second-order valence-corrected chi connectivity index (χ2v) is 7.37. The van der Waals surface area contributed by atoms with Gasteiger partial charge in [0.05, 0.1) is 20.8 Å². The number of ether oxygens (including phenoxy) is 2. The molecule has 156 valence electrons. The molecule has 0 saturated heterocycles. The molecule has 0 bridgehead atoms. The van der Waals surface area contributed by atoms with Crippen molar-refractivity contribution in [1.82, 2.24) is 4.57 Å². The summed E-state index contributed by atoms with van der Waals surface area (Å²) in [5.74, 6) is -1.42. The van der Waals surface area contributed by atoms with Crippen molar-refractivity contribution >= 4 is 5.78 Å². The number of benzene rings is 1. The summed E-state index contributed by atoms with van der Waals surface area (Å²) in [5.41, 5.74) is -0.207. The van der Waals surface area contributed by atoms with E-state index in [4.69, 9.17) is 9.47 Å². The molecule has 1 fully saturated rings. The zero-order valence-electron chi connectivity index (χ0n) is 16.8. The van der Waals surface area contributed by atoms with Crippen LogP contribution < -0.4 is 15.0 Å². The van der Waals surface area contributed by atoms with Gasteiger partial charge in [-0.15, -0.1) is 0 Å². The van der Waals surface area contributed by atoms with Crippen LogP contribution in [0.15, 0.2) is 29.1 Å². The lowest BCUT2D eigenvalue weighted by atomic mass is 9.91. The molecule has 1 aromatic heterocycles. The lowest BCUT2D eigenvalue weighted by Crippen LogP contribution is -2.26. The topological polar surface area (TPSA) is 98.0 Å². The van der Waals surface area contributed by atoms with Crippen LogP contribution in [0, 0.1) is 5.92 Å². The molecule has 0 aliphatic heterocycles. The summed E-state index contributed by atoms with van der Waals surface area (Å²) in [6.07, 6.45) is 5.42. The van der Waals surface area contributed by atoms with Gasteiger partial charge >= 0.3 is 0 Å². The third kappa shape index (κ3) is 4.23. The van der Waals surface area contributed by atoms with Gasteiger partial charge in [-0.05, 0) is 30.5 Å². The molecule has 1 saturated carbocycles. The van der Waals surface area contributed by atoms with Crippen molar-refractivity contribution in [2.75, 3.05) is 14.2 Å². The number of hydrogen-bond acceptors (Lipinski definition) is 6. The van der Waals surface area contributed by atoms with Gasteiger partial charge in [-0.1, -0.05) is 37.8 Å². The highest BCUT2D eigenvalue weighted by Crippen LogP contribution is 2.37. The Morgan fingerprint density at radius 1 is 1.03 bits per heavy atom. The van der Waals surface area contributed by atoms with E-state index in [9.17, 15) is 19.8 Å². The van der Waals surface area contributed by atoms with Crippen LogP contribution in [0.4, 0.5) is 0 Å². The zero-order valence-corrected chi connectivity index (χ0v) is 16.8. The molecule has 2 N–H and O–H groups in total. The minimum Gasteiger partial charge on any atom is -0.503 e. The van der Waals surface area contributed by atoms with Crippen LogP contribution in [-0.4, -0.2) is 34.8 Å². The molecule has 3 rings (SSSR count). The number of carbonyl (C=O) groups is 1. The first-order chi connectivity index (χ1) is 14.0. The van der Waals surface area contributed by atoms with E-state index < -0.39 is 17.2 Å². The fourth-order valence-electron chi connectivity index (χ4n) is 3.89. The smallest absolute Gasteiger partial charge is 0.299 e. The van der Waals surface area contributed by atoms with Gasteiger partial charge in [0, 0.05) is 5.92 Å². The maximum Gasteiger partial charge on any atom is 0.299 e. The van der Waals surface area contributed by atoms with Gasteiger partial charge in [0.2, 0.25) is 11.6 Å². The van der Waals surface area contributed by atoms with Gasteiger partial charge in [0.25, 0.3) is 5.56 Å². The molecule has 0 radical (unpaired) electrons. The average molecular weight is 401 g/mol. The molecule has 1 aromatic carbocycles. The summed E-state index contributed by atoms with van der Waals surface area (Å²) in [4.78, 5) is 25.9. The number of hydrogen-bond donors (Lipinski definition) is 2. The van der Waals surface area contributed by atoms with Crippen LogP contribution >= 0.6 is 0 Å². The third-order valence-electron chi connectivity index (χ3n) is 5.55. The lowest BCUT2D eigenvalue weighted by Gasteiger charge is -2.19. The monoisotopic (exact) mass is 401 g/mol. The van der Waals surface area contributed by atoms with Crippen LogP contribution in [0.5, 0.6) is 23.1 Å². The Morgan fingerprint density at radius 3 is 2.21 bits per heavy atom. The summed E-state index contributed by atoms with van der Waals surface area (Å²) in [7, 11) is 2.81. The Hall–Kier alpha value is -2.96. The van der Waals surface area contributed by atoms with Crippen molar-refractivity contribution in [3.05, 3.63) is 45.7 Å². The van der Waals surface area contributed by atoms with Gasteiger partial charge in [-0.3, -0.25) is 14.2 Å². The van der Waals surface area contributed by atoms with Crippen LogP contribution in [-0.2, 0) is 6.54 Å². The van der Waals surface area contributed by atoms with Crippen LogP contribution in [0.25, 0.3) is 0 Å². The predicted molar refractivity (Wildman–Crippen MR) is 108 cm³/mol. The normalized spacial score (nSPS) is 15.0. The number of aromatic hydroxyl groups is 2. The van der Waals surface area contributed by atoms with E-state index in [-0.39, 0.29) is 29.6 Å². The van der Waals surface area contributed by atoms with E-state index in [1.165, 1.54) is 7.11 Å².